The van der Waals surface area contributed by atoms with Crippen LogP contribution in [-0.2, 0) is 0 Å². The Hall–Kier alpha value is -2.68. The first-order chi connectivity index (χ1) is 8.28. The summed E-state index contributed by atoms with van der Waals surface area (Å²) in [5.74, 6) is 1.31. The molecule has 0 aliphatic carbocycles. The molecule has 3 aromatic rings. The smallest absolute Gasteiger partial charge is 0.190 e. The van der Waals surface area contributed by atoms with E-state index in [9.17, 15) is 0 Å². The first-order valence-corrected chi connectivity index (χ1v) is 4.96. The third-order valence-corrected chi connectivity index (χ3v) is 2.40. The van der Waals surface area contributed by atoms with Crippen LogP contribution in [0.1, 0.15) is 11.3 Å². The van der Waals surface area contributed by atoms with Crippen LogP contribution in [0.2, 0.25) is 0 Å². The molecule has 17 heavy (non-hydrogen) atoms. The highest BCUT2D eigenvalue weighted by molar-refractivity contribution is 5.56. The van der Waals surface area contributed by atoms with Gasteiger partial charge in [-0.1, -0.05) is 5.16 Å². The van der Waals surface area contributed by atoms with E-state index >= 15 is 0 Å². The number of rotatable bonds is 1. The molecule has 0 unspecified atom stereocenters. The van der Waals surface area contributed by atoms with Gasteiger partial charge in [0, 0.05) is 18.3 Å². The molecule has 0 fully saturated rings. The van der Waals surface area contributed by atoms with E-state index in [2.05, 4.69) is 21.4 Å². The SMILES string of the molecule is Cc1cc(-c2nnc3cc(C#N)ccn23)no1. The van der Waals surface area contributed by atoms with E-state index < -0.39 is 0 Å². The Bertz CT molecular complexity index is 734. The van der Waals surface area contributed by atoms with Crippen LogP contribution in [0, 0.1) is 18.3 Å². The third kappa shape index (κ3) is 1.45. The van der Waals surface area contributed by atoms with Crippen molar-refractivity contribution in [2.75, 3.05) is 0 Å². The van der Waals surface area contributed by atoms with Gasteiger partial charge in [-0.05, 0) is 13.0 Å². The van der Waals surface area contributed by atoms with E-state index in [4.69, 9.17) is 9.78 Å². The third-order valence-electron chi connectivity index (χ3n) is 2.40. The molecule has 0 aliphatic rings. The van der Waals surface area contributed by atoms with Crippen molar-refractivity contribution in [3.63, 3.8) is 0 Å². The lowest BCUT2D eigenvalue weighted by Gasteiger charge is -1.95. The number of nitriles is 1. The van der Waals surface area contributed by atoms with Gasteiger partial charge in [-0.2, -0.15) is 5.26 Å². The second-order valence-corrected chi connectivity index (χ2v) is 3.60. The molecular weight excluding hydrogens is 218 g/mol. The highest BCUT2D eigenvalue weighted by Crippen LogP contribution is 2.18. The average molecular weight is 225 g/mol. The van der Waals surface area contributed by atoms with Gasteiger partial charge in [0.1, 0.15) is 5.76 Å². The Kier molecular flexibility index (Phi) is 1.92. The largest absolute Gasteiger partial charge is 0.361 e. The maximum Gasteiger partial charge on any atom is 0.190 e. The Morgan fingerprint density at radius 3 is 2.94 bits per heavy atom. The molecule has 6 nitrogen and oxygen atoms in total. The van der Waals surface area contributed by atoms with Gasteiger partial charge in [0.2, 0.25) is 0 Å². The summed E-state index contributed by atoms with van der Waals surface area (Å²) in [7, 11) is 0. The summed E-state index contributed by atoms with van der Waals surface area (Å²) in [6.07, 6.45) is 1.74. The highest BCUT2D eigenvalue weighted by Gasteiger charge is 2.12. The van der Waals surface area contributed by atoms with Crippen LogP contribution in [0.5, 0.6) is 0 Å². The standard InChI is InChI=1S/C11H7N5O/c1-7-4-9(15-17-7)11-14-13-10-5-8(6-12)2-3-16(10)11/h2-5H,1H3. The molecular formula is C11H7N5O. The Balaban J connectivity index is 2.22. The Morgan fingerprint density at radius 2 is 2.24 bits per heavy atom. The van der Waals surface area contributed by atoms with Crippen molar-refractivity contribution in [3.8, 4) is 17.6 Å². The van der Waals surface area contributed by atoms with Crippen molar-refractivity contribution in [1.82, 2.24) is 19.8 Å². The minimum absolute atomic E-state index is 0.549. The van der Waals surface area contributed by atoms with Gasteiger partial charge in [-0.25, -0.2) is 0 Å². The number of aromatic nitrogens is 4. The van der Waals surface area contributed by atoms with E-state index in [1.54, 1.807) is 28.8 Å². The lowest BCUT2D eigenvalue weighted by atomic mass is 10.3. The summed E-state index contributed by atoms with van der Waals surface area (Å²) in [4.78, 5) is 0. The van der Waals surface area contributed by atoms with Gasteiger partial charge in [0.05, 0.1) is 11.6 Å². The van der Waals surface area contributed by atoms with Crippen molar-refractivity contribution in [2.24, 2.45) is 0 Å². The molecule has 0 radical (unpaired) electrons. The number of fused-ring (bicyclic) bond motifs is 1. The van der Waals surface area contributed by atoms with Gasteiger partial charge in [0.15, 0.2) is 17.2 Å². The zero-order valence-corrected chi connectivity index (χ0v) is 8.95. The van der Waals surface area contributed by atoms with Crippen molar-refractivity contribution < 1.29 is 4.52 Å². The quantitative estimate of drug-likeness (QED) is 0.627. The zero-order valence-electron chi connectivity index (χ0n) is 8.95. The van der Waals surface area contributed by atoms with E-state index in [1.807, 2.05) is 6.92 Å². The minimum atomic E-state index is 0.549. The lowest BCUT2D eigenvalue weighted by molar-refractivity contribution is 0.399. The maximum absolute atomic E-state index is 8.79. The first kappa shape index (κ1) is 9.54. The van der Waals surface area contributed by atoms with Gasteiger partial charge in [-0.3, -0.25) is 4.40 Å². The van der Waals surface area contributed by atoms with Crippen molar-refractivity contribution in [2.45, 2.75) is 6.92 Å². The summed E-state index contributed by atoms with van der Waals surface area (Å²) in [6, 6.07) is 7.21. The van der Waals surface area contributed by atoms with E-state index in [1.165, 1.54) is 0 Å². The minimum Gasteiger partial charge on any atom is -0.361 e. The molecule has 0 saturated carbocycles. The molecule has 82 valence electrons. The van der Waals surface area contributed by atoms with Gasteiger partial charge in [-0.15, -0.1) is 10.2 Å². The van der Waals surface area contributed by atoms with Gasteiger partial charge >= 0.3 is 0 Å². The number of aryl methyl sites for hydroxylation is 1. The molecule has 0 atom stereocenters. The maximum atomic E-state index is 8.79. The second kappa shape index (κ2) is 3.42. The molecule has 0 amide bonds. The molecule has 0 saturated heterocycles. The van der Waals surface area contributed by atoms with Crippen molar-refractivity contribution >= 4 is 5.65 Å². The van der Waals surface area contributed by atoms with Crippen molar-refractivity contribution in [3.05, 3.63) is 35.7 Å². The topological polar surface area (TPSA) is 80.0 Å². The molecule has 6 heteroatoms. The molecule has 0 bridgehead atoms. The normalized spacial score (nSPS) is 10.6. The fourth-order valence-corrected chi connectivity index (χ4v) is 1.61. The highest BCUT2D eigenvalue weighted by atomic mass is 16.5. The van der Waals surface area contributed by atoms with E-state index in [0.29, 0.717) is 28.5 Å². The fourth-order valence-electron chi connectivity index (χ4n) is 1.61. The zero-order chi connectivity index (χ0) is 11.8. The Labute approximate surface area is 96.1 Å². The molecule has 3 aromatic heterocycles. The van der Waals surface area contributed by atoms with Gasteiger partial charge in [0.25, 0.3) is 0 Å². The summed E-state index contributed by atoms with van der Waals surface area (Å²) < 4.78 is 6.76. The number of pyridine rings is 1. The predicted octanol–water partition coefficient (Wildman–Crippen LogP) is 1.56. The first-order valence-electron chi connectivity index (χ1n) is 4.96. The van der Waals surface area contributed by atoms with Gasteiger partial charge < -0.3 is 4.52 Å². The van der Waals surface area contributed by atoms with Crippen LogP contribution >= 0.6 is 0 Å². The number of nitrogens with zero attached hydrogens (tertiary/aromatic N) is 5. The van der Waals surface area contributed by atoms with E-state index in [-0.39, 0.29) is 0 Å². The van der Waals surface area contributed by atoms with Crippen LogP contribution in [0.25, 0.3) is 17.2 Å². The predicted molar refractivity (Wildman–Crippen MR) is 57.9 cm³/mol. The second-order valence-electron chi connectivity index (χ2n) is 3.60. The van der Waals surface area contributed by atoms with Crippen LogP contribution in [0.4, 0.5) is 0 Å². The molecule has 0 N–H and O–H groups in total. The summed E-state index contributed by atoms with van der Waals surface area (Å²) in [5.41, 5.74) is 1.78. The summed E-state index contributed by atoms with van der Waals surface area (Å²) >= 11 is 0. The van der Waals surface area contributed by atoms with Crippen molar-refractivity contribution in [1.29, 1.82) is 5.26 Å². The summed E-state index contributed by atoms with van der Waals surface area (Å²) in [5, 5.41) is 20.7. The fraction of sp³-hybridized carbons (Fsp3) is 0.0909. The molecule has 3 heterocycles. The van der Waals surface area contributed by atoms with Crippen LogP contribution in [0.15, 0.2) is 28.9 Å². The Morgan fingerprint density at radius 1 is 1.35 bits per heavy atom. The molecule has 3 rings (SSSR count). The number of hydrogen-bond acceptors (Lipinski definition) is 5. The molecule has 0 spiro atoms. The van der Waals surface area contributed by atoms with Crippen LogP contribution < -0.4 is 0 Å². The number of hydrogen-bond donors (Lipinski definition) is 0. The average Bonchev–Trinajstić information content (AvgIpc) is 2.93. The monoisotopic (exact) mass is 225 g/mol. The van der Waals surface area contributed by atoms with Crippen LogP contribution in [0.3, 0.4) is 0 Å². The molecule has 0 aromatic carbocycles. The molecule has 0 aliphatic heterocycles. The lowest BCUT2D eigenvalue weighted by Crippen LogP contribution is -1.89. The summed E-state index contributed by atoms with van der Waals surface area (Å²) in [6.45, 7) is 1.81. The van der Waals surface area contributed by atoms with Crippen LogP contribution in [-0.4, -0.2) is 19.8 Å². The van der Waals surface area contributed by atoms with E-state index in [0.717, 1.165) is 0 Å².